The van der Waals surface area contributed by atoms with Crippen molar-refractivity contribution in [3.63, 3.8) is 0 Å². The van der Waals surface area contributed by atoms with Crippen molar-refractivity contribution in [3.8, 4) is 0 Å². The van der Waals surface area contributed by atoms with Gasteiger partial charge in [-0.1, -0.05) is 17.7 Å². The van der Waals surface area contributed by atoms with E-state index in [0.717, 1.165) is 10.7 Å². The lowest BCUT2D eigenvalue weighted by Crippen LogP contribution is -2.35. The van der Waals surface area contributed by atoms with Crippen LogP contribution in [-0.2, 0) is 0 Å². The first-order valence-corrected chi connectivity index (χ1v) is 6.89. The molecule has 5 heteroatoms. The zero-order valence-electron chi connectivity index (χ0n) is 9.58. The number of halogens is 1. The molecule has 0 fully saturated rings. The summed E-state index contributed by atoms with van der Waals surface area (Å²) < 4.78 is 0. The highest BCUT2D eigenvalue weighted by atomic mass is 35.5. The molecule has 18 heavy (non-hydrogen) atoms. The zero-order chi connectivity index (χ0) is 12.5. The van der Waals surface area contributed by atoms with Gasteiger partial charge in [-0.2, -0.15) is 0 Å². The van der Waals surface area contributed by atoms with Gasteiger partial charge >= 0.3 is 0 Å². The van der Waals surface area contributed by atoms with Crippen LogP contribution >= 0.6 is 22.9 Å². The molecule has 0 bridgehead atoms. The SMILES string of the molecule is NC1=NCC(c2cccs2)N1c1ccc(Cl)cc1. The normalized spacial score (nSPS) is 19.1. The van der Waals surface area contributed by atoms with Crippen LogP contribution in [0.2, 0.25) is 5.02 Å². The van der Waals surface area contributed by atoms with E-state index < -0.39 is 0 Å². The number of nitrogens with zero attached hydrogens (tertiary/aromatic N) is 2. The molecule has 2 heterocycles. The summed E-state index contributed by atoms with van der Waals surface area (Å²) in [6.07, 6.45) is 0. The fourth-order valence-electron chi connectivity index (χ4n) is 2.11. The topological polar surface area (TPSA) is 41.6 Å². The summed E-state index contributed by atoms with van der Waals surface area (Å²) >= 11 is 7.64. The maximum atomic E-state index is 5.99. The minimum atomic E-state index is 0.200. The van der Waals surface area contributed by atoms with Crippen LogP contribution in [0.5, 0.6) is 0 Å². The number of hydrogen-bond donors (Lipinski definition) is 1. The van der Waals surface area contributed by atoms with Crippen LogP contribution in [0.1, 0.15) is 10.9 Å². The molecular formula is C13H12ClN3S. The highest BCUT2D eigenvalue weighted by molar-refractivity contribution is 7.10. The van der Waals surface area contributed by atoms with E-state index in [9.17, 15) is 0 Å². The lowest BCUT2D eigenvalue weighted by molar-refractivity contribution is 0.785. The second-order valence-electron chi connectivity index (χ2n) is 4.08. The molecule has 2 aromatic rings. The van der Waals surface area contributed by atoms with E-state index in [2.05, 4.69) is 27.4 Å². The van der Waals surface area contributed by atoms with Gasteiger partial charge in [-0.05, 0) is 35.7 Å². The Bertz CT molecular complexity index is 562. The van der Waals surface area contributed by atoms with Gasteiger partial charge in [0, 0.05) is 15.6 Å². The largest absolute Gasteiger partial charge is 0.369 e. The second kappa shape index (κ2) is 4.63. The summed E-state index contributed by atoms with van der Waals surface area (Å²) in [5.41, 5.74) is 7.02. The van der Waals surface area contributed by atoms with Gasteiger partial charge in [0.2, 0.25) is 0 Å². The number of anilines is 1. The third kappa shape index (κ3) is 1.98. The van der Waals surface area contributed by atoms with Crippen LogP contribution in [0.15, 0.2) is 46.8 Å². The van der Waals surface area contributed by atoms with E-state index in [1.54, 1.807) is 11.3 Å². The smallest absolute Gasteiger partial charge is 0.196 e. The van der Waals surface area contributed by atoms with E-state index in [-0.39, 0.29) is 6.04 Å². The molecule has 1 atom stereocenters. The van der Waals surface area contributed by atoms with Crippen molar-refractivity contribution in [1.82, 2.24) is 0 Å². The Balaban J connectivity index is 1.97. The fourth-order valence-corrected chi connectivity index (χ4v) is 3.04. The van der Waals surface area contributed by atoms with Crippen molar-refractivity contribution in [2.75, 3.05) is 11.4 Å². The molecule has 0 saturated heterocycles. The number of benzene rings is 1. The number of aliphatic imine (C=N–C) groups is 1. The maximum Gasteiger partial charge on any atom is 0.196 e. The van der Waals surface area contributed by atoms with Crippen molar-refractivity contribution >= 4 is 34.6 Å². The van der Waals surface area contributed by atoms with Gasteiger partial charge in [0.05, 0.1) is 12.6 Å². The van der Waals surface area contributed by atoms with Gasteiger partial charge in [0.15, 0.2) is 5.96 Å². The van der Waals surface area contributed by atoms with Gasteiger partial charge in [-0.15, -0.1) is 11.3 Å². The molecule has 1 aliphatic rings. The molecule has 1 aliphatic heterocycles. The number of guanidine groups is 1. The third-order valence-electron chi connectivity index (χ3n) is 2.96. The van der Waals surface area contributed by atoms with Crippen LogP contribution in [0.4, 0.5) is 5.69 Å². The Morgan fingerprint density at radius 1 is 1.28 bits per heavy atom. The molecule has 0 saturated carbocycles. The quantitative estimate of drug-likeness (QED) is 0.915. The van der Waals surface area contributed by atoms with Crippen LogP contribution < -0.4 is 10.6 Å². The molecule has 0 amide bonds. The van der Waals surface area contributed by atoms with Crippen LogP contribution in [0.25, 0.3) is 0 Å². The molecule has 92 valence electrons. The molecule has 3 nitrogen and oxygen atoms in total. The molecule has 1 unspecified atom stereocenters. The van der Waals surface area contributed by atoms with Crippen molar-refractivity contribution in [2.24, 2.45) is 10.7 Å². The predicted molar refractivity (Wildman–Crippen MR) is 77.5 cm³/mol. The van der Waals surface area contributed by atoms with Crippen molar-refractivity contribution < 1.29 is 0 Å². The van der Waals surface area contributed by atoms with Gasteiger partial charge in [-0.3, -0.25) is 4.99 Å². The van der Waals surface area contributed by atoms with Crippen LogP contribution in [-0.4, -0.2) is 12.5 Å². The van der Waals surface area contributed by atoms with Gasteiger partial charge in [0.1, 0.15) is 0 Å². The summed E-state index contributed by atoms with van der Waals surface area (Å²) in [7, 11) is 0. The standard InChI is InChI=1S/C13H12ClN3S/c14-9-3-5-10(6-4-9)17-11(8-16-13(17)15)12-2-1-7-18-12/h1-7,11H,8H2,(H2,15,16). The summed E-state index contributed by atoms with van der Waals surface area (Å²) in [5.74, 6) is 0.565. The number of hydrogen-bond acceptors (Lipinski definition) is 4. The Hall–Kier alpha value is -1.52. The van der Waals surface area contributed by atoms with E-state index in [1.807, 2.05) is 24.3 Å². The van der Waals surface area contributed by atoms with E-state index in [1.165, 1.54) is 4.88 Å². The molecule has 1 aromatic heterocycles. The number of rotatable bonds is 2. The summed E-state index contributed by atoms with van der Waals surface area (Å²) in [5, 5.41) is 2.80. The Morgan fingerprint density at radius 2 is 2.06 bits per heavy atom. The van der Waals surface area contributed by atoms with E-state index in [0.29, 0.717) is 12.5 Å². The Labute approximate surface area is 115 Å². The average Bonchev–Trinajstić information content (AvgIpc) is 2.99. The van der Waals surface area contributed by atoms with Crippen molar-refractivity contribution in [2.45, 2.75) is 6.04 Å². The number of thiophene rings is 1. The number of nitrogens with two attached hydrogens (primary N) is 1. The first-order chi connectivity index (χ1) is 8.75. The fraction of sp³-hybridized carbons (Fsp3) is 0.154. The van der Waals surface area contributed by atoms with Crippen molar-refractivity contribution in [3.05, 3.63) is 51.7 Å². The minimum absolute atomic E-state index is 0.200. The van der Waals surface area contributed by atoms with Gasteiger partial charge < -0.3 is 10.6 Å². The third-order valence-corrected chi connectivity index (χ3v) is 4.19. The molecule has 2 N–H and O–H groups in total. The first kappa shape index (κ1) is 11.6. The molecule has 0 radical (unpaired) electrons. The Morgan fingerprint density at radius 3 is 2.72 bits per heavy atom. The Kier molecular flexibility index (Phi) is 2.97. The lowest BCUT2D eigenvalue weighted by atomic mass is 10.2. The van der Waals surface area contributed by atoms with Gasteiger partial charge in [0.25, 0.3) is 0 Å². The summed E-state index contributed by atoms with van der Waals surface area (Å²) in [6.45, 7) is 0.703. The average molecular weight is 278 g/mol. The van der Waals surface area contributed by atoms with Crippen molar-refractivity contribution in [1.29, 1.82) is 0 Å². The molecule has 1 aromatic carbocycles. The van der Waals surface area contributed by atoms with Gasteiger partial charge in [-0.25, -0.2) is 0 Å². The second-order valence-corrected chi connectivity index (χ2v) is 5.49. The lowest BCUT2D eigenvalue weighted by Gasteiger charge is -2.25. The molecule has 3 rings (SSSR count). The zero-order valence-corrected chi connectivity index (χ0v) is 11.2. The van der Waals surface area contributed by atoms with Crippen LogP contribution in [0.3, 0.4) is 0 Å². The maximum absolute atomic E-state index is 5.99. The first-order valence-electron chi connectivity index (χ1n) is 5.64. The highest BCUT2D eigenvalue weighted by Gasteiger charge is 2.29. The summed E-state index contributed by atoms with van der Waals surface area (Å²) in [4.78, 5) is 7.68. The molecule has 0 aliphatic carbocycles. The van der Waals surface area contributed by atoms with Crippen LogP contribution in [0, 0.1) is 0 Å². The van der Waals surface area contributed by atoms with E-state index in [4.69, 9.17) is 17.3 Å². The summed E-state index contributed by atoms with van der Waals surface area (Å²) in [6, 6.07) is 12.0. The van der Waals surface area contributed by atoms with E-state index >= 15 is 0 Å². The highest BCUT2D eigenvalue weighted by Crippen LogP contribution is 2.33. The molecular weight excluding hydrogens is 266 g/mol. The monoisotopic (exact) mass is 277 g/mol. The molecule has 0 spiro atoms. The minimum Gasteiger partial charge on any atom is -0.369 e. The predicted octanol–water partition coefficient (Wildman–Crippen LogP) is 3.28.